The normalized spacial score (nSPS) is 12.1. The van der Waals surface area contributed by atoms with E-state index >= 15 is 0 Å². The Hall–Kier alpha value is -1.95. The summed E-state index contributed by atoms with van der Waals surface area (Å²) in [4.78, 5) is 11.7. The third kappa shape index (κ3) is 3.04. The van der Waals surface area contributed by atoms with Gasteiger partial charge in [-0.25, -0.2) is 0 Å². The second-order valence-electron chi connectivity index (χ2n) is 3.91. The Morgan fingerprint density at radius 2 is 2.28 bits per heavy atom. The molecular formula is C11H12ClN5O. The number of carbonyl (C=O) groups excluding carboxylic acids is 1. The molecule has 1 amide bonds. The quantitative estimate of drug-likeness (QED) is 0.870. The van der Waals surface area contributed by atoms with Crippen molar-refractivity contribution in [1.29, 1.82) is 0 Å². The van der Waals surface area contributed by atoms with Crippen molar-refractivity contribution in [3.8, 4) is 0 Å². The molecule has 1 unspecified atom stereocenters. The number of tetrazole rings is 1. The number of aromatic nitrogens is 4. The van der Waals surface area contributed by atoms with Gasteiger partial charge in [0.2, 0.25) is 0 Å². The number of nitrogens with one attached hydrogen (secondary N) is 2. The standard InChI is InChI=1S/C11H12ClN5O/c1-7(6-8-4-2-3-5-9(8)12)13-11(18)10-14-16-17-15-10/h2-5,7H,6H2,1H3,(H,13,18)(H,14,15,16,17). The number of rotatable bonds is 4. The third-order valence-corrected chi connectivity index (χ3v) is 2.78. The molecule has 2 N–H and O–H groups in total. The first kappa shape index (κ1) is 12.5. The minimum Gasteiger partial charge on any atom is -0.346 e. The van der Waals surface area contributed by atoms with Gasteiger partial charge < -0.3 is 5.32 Å². The topological polar surface area (TPSA) is 83.6 Å². The molecule has 0 fully saturated rings. The predicted octanol–water partition coefficient (Wildman–Crippen LogP) is 1.21. The van der Waals surface area contributed by atoms with Crippen LogP contribution in [0.3, 0.4) is 0 Å². The molecule has 1 aromatic heterocycles. The zero-order chi connectivity index (χ0) is 13.0. The molecule has 0 spiro atoms. The van der Waals surface area contributed by atoms with E-state index in [1.165, 1.54) is 0 Å². The summed E-state index contributed by atoms with van der Waals surface area (Å²) in [6.45, 7) is 1.89. The minimum absolute atomic E-state index is 0.0287. The van der Waals surface area contributed by atoms with Crippen LogP contribution in [0.2, 0.25) is 5.02 Å². The van der Waals surface area contributed by atoms with Crippen molar-refractivity contribution in [3.63, 3.8) is 0 Å². The molecule has 2 aromatic rings. The summed E-state index contributed by atoms with van der Waals surface area (Å²) in [5.41, 5.74) is 0.986. The molecule has 18 heavy (non-hydrogen) atoms. The van der Waals surface area contributed by atoms with Crippen LogP contribution in [-0.2, 0) is 6.42 Å². The smallest absolute Gasteiger partial charge is 0.293 e. The fourth-order valence-electron chi connectivity index (χ4n) is 1.59. The van der Waals surface area contributed by atoms with E-state index in [2.05, 4.69) is 25.9 Å². The SMILES string of the molecule is CC(Cc1ccccc1Cl)NC(=O)c1nn[nH]n1. The maximum absolute atomic E-state index is 11.7. The monoisotopic (exact) mass is 265 g/mol. The van der Waals surface area contributed by atoms with E-state index in [1.54, 1.807) is 0 Å². The number of amides is 1. The molecule has 0 aliphatic heterocycles. The van der Waals surface area contributed by atoms with Crippen LogP contribution >= 0.6 is 11.6 Å². The Kier molecular flexibility index (Phi) is 3.88. The summed E-state index contributed by atoms with van der Waals surface area (Å²) in [5, 5.41) is 16.2. The highest BCUT2D eigenvalue weighted by Gasteiger charge is 2.14. The Balaban J connectivity index is 1.95. The molecule has 1 heterocycles. The summed E-state index contributed by atoms with van der Waals surface area (Å²) in [7, 11) is 0. The van der Waals surface area contributed by atoms with Crippen molar-refractivity contribution >= 4 is 17.5 Å². The molecule has 0 saturated carbocycles. The molecule has 7 heteroatoms. The molecule has 6 nitrogen and oxygen atoms in total. The van der Waals surface area contributed by atoms with Crippen molar-refractivity contribution in [2.24, 2.45) is 0 Å². The fourth-order valence-corrected chi connectivity index (χ4v) is 1.80. The second kappa shape index (κ2) is 5.59. The number of nitrogens with zero attached hydrogens (tertiary/aromatic N) is 3. The van der Waals surface area contributed by atoms with Gasteiger partial charge in [0.15, 0.2) is 0 Å². The average Bonchev–Trinajstić information content (AvgIpc) is 2.85. The lowest BCUT2D eigenvalue weighted by Crippen LogP contribution is -2.34. The maximum Gasteiger partial charge on any atom is 0.293 e. The molecule has 0 bridgehead atoms. The first-order valence-corrected chi connectivity index (χ1v) is 5.82. The molecule has 0 aliphatic carbocycles. The highest BCUT2D eigenvalue weighted by atomic mass is 35.5. The van der Waals surface area contributed by atoms with E-state index in [0.29, 0.717) is 11.4 Å². The van der Waals surface area contributed by atoms with E-state index in [1.807, 2.05) is 31.2 Å². The number of H-pyrrole nitrogens is 1. The van der Waals surface area contributed by atoms with E-state index in [9.17, 15) is 4.79 Å². The first-order chi connectivity index (χ1) is 8.66. The number of aromatic amines is 1. The number of benzene rings is 1. The molecule has 0 saturated heterocycles. The highest BCUT2D eigenvalue weighted by molar-refractivity contribution is 6.31. The molecule has 1 atom stereocenters. The molecule has 2 rings (SSSR count). The van der Waals surface area contributed by atoms with Gasteiger partial charge in [0.1, 0.15) is 0 Å². The van der Waals surface area contributed by atoms with Crippen molar-refractivity contribution in [2.45, 2.75) is 19.4 Å². The van der Waals surface area contributed by atoms with Gasteiger partial charge in [-0.3, -0.25) is 4.79 Å². The Bertz CT molecular complexity index is 528. The number of carbonyl (C=O) groups is 1. The molecule has 0 radical (unpaired) electrons. The predicted molar refractivity (Wildman–Crippen MR) is 66.3 cm³/mol. The minimum atomic E-state index is -0.358. The summed E-state index contributed by atoms with van der Waals surface area (Å²) in [5.74, 6) is -0.329. The van der Waals surface area contributed by atoms with Crippen molar-refractivity contribution in [3.05, 3.63) is 40.7 Å². The average molecular weight is 266 g/mol. The number of halogens is 1. The van der Waals surface area contributed by atoms with Crippen LogP contribution in [0, 0.1) is 0 Å². The Morgan fingerprint density at radius 1 is 1.50 bits per heavy atom. The summed E-state index contributed by atoms with van der Waals surface area (Å²) in [6, 6.07) is 7.46. The van der Waals surface area contributed by atoms with Crippen LogP contribution in [0.4, 0.5) is 0 Å². The van der Waals surface area contributed by atoms with Crippen LogP contribution in [0.5, 0.6) is 0 Å². The highest BCUT2D eigenvalue weighted by Crippen LogP contribution is 2.16. The van der Waals surface area contributed by atoms with Crippen LogP contribution < -0.4 is 5.32 Å². The number of hydrogen-bond donors (Lipinski definition) is 2. The molecule has 1 aromatic carbocycles. The van der Waals surface area contributed by atoms with Gasteiger partial charge in [0.05, 0.1) is 0 Å². The van der Waals surface area contributed by atoms with E-state index in [-0.39, 0.29) is 17.8 Å². The lowest BCUT2D eigenvalue weighted by atomic mass is 10.1. The van der Waals surface area contributed by atoms with Crippen LogP contribution in [0.25, 0.3) is 0 Å². The fraction of sp³-hybridized carbons (Fsp3) is 0.273. The van der Waals surface area contributed by atoms with Crippen LogP contribution in [-0.4, -0.2) is 32.6 Å². The van der Waals surface area contributed by atoms with Gasteiger partial charge in [-0.1, -0.05) is 29.8 Å². The summed E-state index contributed by atoms with van der Waals surface area (Å²) in [6.07, 6.45) is 0.642. The lowest BCUT2D eigenvalue weighted by molar-refractivity contribution is 0.0929. The van der Waals surface area contributed by atoms with Gasteiger partial charge in [-0.05, 0) is 30.2 Å². The molecular weight excluding hydrogens is 254 g/mol. The van der Waals surface area contributed by atoms with Gasteiger partial charge in [-0.15, -0.1) is 10.2 Å². The molecule has 94 valence electrons. The van der Waals surface area contributed by atoms with Gasteiger partial charge in [-0.2, -0.15) is 5.21 Å². The molecule has 0 aliphatic rings. The summed E-state index contributed by atoms with van der Waals surface area (Å²) >= 11 is 6.05. The largest absolute Gasteiger partial charge is 0.346 e. The van der Waals surface area contributed by atoms with Crippen LogP contribution in [0.15, 0.2) is 24.3 Å². The Labute approximate surface area is 109 Å². The van der Waals surface area contributed by atoms with Crippen LogP contribution in [0.1, 0.15) is 23.1 Å². The van der Waals surface area contributed by atoms with E-state index in [0.717, 1.165) is 5.56 Å². The zero-order valence-corrected chi connectivity index (χ0v) is 10.5. The van der Waals surface area contributed by atoms with E-state index < -0.39 is 0 Å². The maximum atomic E-state index is 11.7. The third-order valence-electron chi connectivity index (χ3n) is 2.41. The summed E-state index contributed by atoms with van der Waals surface area (Å²) < 4.78 is 0. The van der Waals surface area contributed by atoms with Gasteiger partial charge in [0, 0.05) is 11.1 Å². The number of hydrogen-bond acceptors (Lipinski definition) is 4. The van der Waals surface area contributed by atoms with Gasteiger partial charge >= 0.3 is 0 Å². The Morgan fingerprint density at radius 3 is 2.94 bits per heavy atom. The zero-order valence-electron chi connectivity index (χ0n) is 9.72. The first-order valence-electron chi connectivity index (χ1n) is 5.44. The van der Waals surface area contributed by atoms with Gasteiger partial charge in [0.25, 0.3) is 11.7 Å². The van der Waals surface area contributed by atoms with Crippen molar-refractivity contribution < 1.29 is 4.79 Å². The lowest BCUT2D eigenvalue weighted by Gasteiger charge is -2.13. The van der Waals surface area contributed by atoms with Crippen molar-refractivity contribution in [2.75, 3.05) is 0 Å². The second-order valence-corrected chi connectivity index (χ2v) is 4.31. The van der Waals surface area contributed by atoms with Crippen molar-refractivity contribution in [1.82, 2.24) is 25.9 Å². The van der Waals surface area contributed by atoms with E-state index in [4.69, 9.17) is 11.6 Å².